The van der Waals surface area contributed by atoms with Crippen molar-refractivity contribution in [1.82, 2.24) is 4.98 Å². The number of hydrogen-bond donors (Lipinski definition) is 1. The Morgan fingerprint density at radius 3 is 2.68 bits per heavy atom. The van der Waals surface area contributed by atoms with Crippen LogP contribution in [0.2, 0.25) is 0 Å². The van der Waals surface area contributed by atoms with Gasteiger partial charge in [-0.1, -0.05) is 0 Å². The molecule has 0 amide bonds. The molecule has 1 aromatic heterocycles. The van der Waals surface area contributed by atoms with Crippen LogP contribution in [0.15, 0.2) is 30.6 Å². The molecule has 2 aromatic rings. The normalized spacial score (nSPS) is 18.7. The molecule has 1 heterocycles. The maximum Gasteiger partial charge on any atom is 0.0465 e. The van der Waals surface area contributed by atoms with Gasteiger partial charge in [0.2, 0.25) is 0 Å². The van der Waals surface area contributed by atoms with Crippen LogP contribution in [0.4, 0.5) is 11.4 Å². The van der Waals surface area contributed by atoms with Gasteiger partial charge in [0.05, 0.1) is 0 Å². The molecule has 0 atom stereocenters. The molecule has 0 spiro atoms. The maximum absolute atomic E-state index is 6.08. The first-order valence-corrected chi connectivity index (χ1v) is 7.22. The molecule has 19 heavy (non-hydrogen) atoms. The topological polar surface area (TPSA) is 42.1 Å². The molecule has 2 N–H and O–H groups in total. The van der Waals surface area contributed by atoms with Crippen LogP contribution in [0.5, 0.6) is 0 Å². The van der Waals surface area contributed by atoms with Gasteiger partial charge in [0, 0.05) is 47.1 Å². The zero-order valence-electron chi connectivity index (χ0n) is 11.0. The SMILES string of the molecule is Nc1ccc(N(CC2CC2)C2CC2)c2cnccc12. The lowest BCUT2D eigenvalue weighted by Gasteiger charge is -2.26. The van der Waals surface area contributed by atoms with Crippen LogP contribution < -0.4 is 10.6 Å². The molecule has 0 bridgehead atoms. The van der Waals surface area contributed by atoms with Gasteiger partial charge in [-0.25, -0.2) is 0 Å². The predicted molar refractivity (Wildman–Crippen MR) is 79.2 cm³/mol. The van der Waals surface area contributed by atoms with Crippen LogP contribution in [0, 0.1) is 5.92 Å². The second-order valence-corrected chi connectivity index (χ2v) is 5.92. The Morgan fingerprint density at radius 2 is 1.95 bits per heavy atom. The summed E-state index contributed by atoms with van der Waals surface area (Å²) in [5, 5.41) is 2.34. The highest BCUT2D eigenvalue weighted by Crippen LogP contribution is 2.40. The van der Waals surface area contributed by atoms with Gasteiger partial charge in [-0.15, -0.1) is 0 Å². The van der Waals surface area contributed by atoms with E-state index >= 15 is 0 Å². The van der Waals surface area contributed by atoms with E-state index in [1.54, 1.807) is 0 Å². The van der Waals surface area contributed by atoms with E-state index in [2.05, 4.69) is 16.0 Å². The molecule has 0 aliphatic heterocycles. The van der Waals surface area contributed by atoms with E-state index in [1.807, 2.05) is 24.5 Å². The highest BCUT2D eigenvalue weighted by Gasteiger charge is 2.34. The highest BCUT2D eigenvalue weighted by molar-refractivity contribution is 6.01. The molecule has 3 nitrogen and oxygen atoms in total. The smallest absolute Gasteiger partial charge is 0.0465 e. The van der Waals surface area contributed by atoms with Gasteiger partial charge in [0.25, 0.3) is 0 Å². The predicted octanol–water partition coefficient (Wildman–Crippen LogP) is 3.20. The van der Waals surface area contributed by atoms with E-state index in [1.165, 1.54) is 43.3 Å². The maximum atomic E-state index is 6.08. The van der Waals surface area contributed by atoms with Gasteiger partial charge in [-0.05, 0) is 49.8 Å². The zero-order chi connectivity index (χ0) is 12.8. The van der Waals surface area contributed by atoms with Gasteiger partial charge in [-0.3, -0.25) is 4.98 Å². The average Bonchev–Trinajstić information content (AvgIpc) is 3.30. The van der Waals surface area contributed by atoms with Crippen molar-refractivity contribution in [3.8, 4) is 0 Å². The van der Waals surface area contributed by atoms with E-state index < -0.39 is 0 Å². The first kappa shape index (κ1) is 11.1. The van der Waals surface area contributed by atoms with Gasteiger partial charge >= 0.3 is 0 Å². The number of fused-ring (bicyclic) bond motifs is 1. The number of nitrogen functional groups attached to an aromatic ring is 1. The second kappa shape index (κ2) is 4.12. The molecular weight excluding hydrogens is 234 g/mol. The van der Waals surface area contributed by atoms with E-state index in [-0.39, 0.29) is 0 Å². The number of anilines is 2. The summed E-state index contributed by atoms with van der Waals surface area (Å²) in [6, 6.07) is 6.99. The molecule has 2 aliphatic carbocycles. The Kier molecular flexibility index (Phi) is 2.40. The minimum Gasteiger partial charge on any atom is -0.398 e. The molecule has 0 unspecified atom stereocenters. The van der Waals surface area contributed by atoms with Crippen molar-refractivity contribution in [2.75, 3.05) is 17.2 Å². The number of rotatable bonds is 4. The second-order valence-electron chi connectivity index (χ2n) is 5.92. The van der Waals surface area contributed by atoms with Crippen molar-refractivity contribution >= 4 is 22.1 Å². The van der Waals surface area contributed by atoms with E-state index in [9.17, 15) is 0 Å². The molecule has 0 saturated heterocycles. The van der Waals surface area contributed by atoms with Crippen molar-refractivity contribution in [2.24, 2.45) is 5.92 Å². The summed E-state index contributed by atoms with van der Waals surface area (Å²) in [5.74, 6) is 0.907. The average molecular weight is 253 g/mol. The van der Waals surface area contributed by atoms with Crippen LogP contribution in [0.3, 0.4) is 0 Å². The Hall–Kier alpha value is -1.77. The Labute approximate surface area is 113 Å². The fourth-order valence-corrected chi connectivity index (χ4v) is 2.86. The fraction of sp³-hybridized carbons (Fsp3) is 0.438. The molecule has 4 rings (SSSR count). The first-order valence-electron chi connectivity index (χ1n) is 7.22. The third kappa shape index (κ3) is 2.03. The number of nitrogens with zero attached hydrogens (tertiary/aromatic N) is 2. The lowest BCUT2D eigenvalue weighted by molar-refractivity contribution is 0.721. The van der Waals surface area contributed by atoms with Crippen molar-refractivity contribution < 1.29 is 0 Å². The van der Waals surface area contributed by atoms with Crippen LogP contribution in [0.25, 0.3) is 10.8 Å². The fourth-order valence-electron chi connectivity index (χ4n) is 2.86. The van der Waals surface area contributed by atoms with Crippen LogP contribution in [0.1, 0.15) is 25.7 Å². The molecule has 1 aromatic carbocycles. The Balaban J connectivity index is 1.81. The van der Waals surface area contributed by atoms with Gasteiger partial charge < -0.3 is 10.6 Å². The van der Waals surface area contributed by atoms with E-state index in [0.29, 0.717) is 0 Å². The minimum atomic E-state index is 0.743. The van der Waals surface area contributed by atoms with Gasteiger partial charge in [0.15, 0.2) is 0 Å². The van der Waals surface area contributed by atoms with Crippen LogP contribution in [-0.2, 0) is 0 Å². The van der Waals surface area contributed by atoms with Gasteiger partial charge in [0.1, 0.15) is 0 Å². The number of benzene rings is 1. The Morgan fingerprint density at radius 1 is 1.11 bits per heavy atom. The monoisotopic (exact) mass is 253 g/mol. The molecule has 2 aliphatic rings. The molecule has 3 heteroatoms. The van der Waals surface area contributed by atoms with Crippen LogP contribution in [-0.4, -0.2) is 17.6 Å². The minimum absolute atomic E-state index is 0.743. The van der Waals surface area contributed by atoms with Crippen molar-refractivity contribution in [1.29, 1.82) is 0 Å². The lowest BCUT2D eigenvalue weighted by Crippen LogP contribution is -2.28. The third-order valence-electron chi connectivity index (χ3n) is 4.28. The zero-order valence-corrected chi connectivity index (χ0v) is 11.0. The first-order chi connectivity index (χ1) is 9.33. The summed E-state index contributed by atoms with van der Waals surface area (Å²) < 4.78 is 0. The summed E-state index contributed by atoms with van der Waals surface area (Å²) in [4.78, 5) is 6.89. The number of hydrogen-bond acceptors (Lipinski definition) is 3. The summed E-state index contributed by atoms with van der Waals surface area (Å²) in [6.45, 7) is 1.21. The van der Waals surface area contributed by atoms with Gasteiger partial charge in [-0.2, -0.15) is 0 Å². The molecule has 98 valence electrons. The van der Waals surface area contributed by atoms with Crippen molar-refractivity contribution in [3.63, 3.8) is 0 Å². The third-order valence-corrected chi connectivity index (χ3v) is 4.28. The largest absolute Gasteiger partial charge is 0.398 e. The summed E-state index contributed by atoms with van der Waals surface area (Å²) in [5.41, 5.74) is 8.26. The molecule has 2 fully saturated rings. The standard InChI is InChI=1S/C16H19N3/c17-15-5-6-16(14-9-18-8-7-13(14)15)19(12-3-4-12)10-11-1-2-11/h5-9,11-12H,1-4,10,17H2. The molecular formula is C16H19N3. The molecule has 2 saturated carbocycles. The number of aromatic nitrogens is 1. The van der Waals surface area contributed by atoms with E-state index in [4.69, 9.17) is 5.73 Å². The Bertz CT molecular complexity index is 614. The highest BCUT2D eigenvalue weighted by atomic mass is 15.2. The lowest BCUT2D eigenvalue weighted by atomic mass is 10.1. The van der Waals surface area contributed by atoms with Crippen molar-refractivity contribution in [3.05, 3.63) is 30.6 Å². The summed E-state index contributed by atoms with van der Waals surface area (Å²) in [6.07, 6.45) is 9.24. The summed E-state index contributed by atoms with van der Waals surface area (Å²) in [7, 11) is 0. The number of pyridine rings is 1. The van der Waals surface area contributed by atoms with Crippen molar-refractivity contribution in [2.45, 2.75) is 31.7 Å². The van der Waals surface area contributed by atoms with Crippen LogP contribution >= 0.6 is 0 Å². The van der Waals surface area contributed by atoms with E-state index in [0.717, 1.165) is 23.0 Å². The number of nitrogens with two attached hydrogens (primary N) is 1. The quantitative estimate of drug-likeness (QED) is 0.851. The molecule has 0 radical (unpaired) electrons. The summed E-state index contributed by atoms with van der Waals surface area (Å²) >= 11 is 0.